The largest absolute Gasteiger partial charge is 0.494 e. The lowest BCUT2D eigenvalue weighted by molar-refractivity contribution is 0.339. The summed E-state index contributed by atoms with van der Waals surface area (Å²) in [4.78, 5) is 0. The number of rotatable bonds is 5. The molecule has 2 nitrogen and oxygen atoms in total. The zero-order chi connectivity index (χ0) is 13.7. The summed E-state index contributed by atoms with van der Waals surface area (Å²) in [5.74, 6) is 0.865. The maximum atomic E-state index is 6.31. The van der Waals surface area contributed by atoms with E-state index in [1.165, 1.54) is 5.56 Å². The molecule has 0 aliphatic heterocycles. The summed E-state index contributed by atoms with van der Waals surface area (Å²) < 4.78 is 6.55. The van der Waals surface area contributed by atoms with Gasteiger partial charge < -0.3 is 10.5 Å². The van der Waals surface area contributed by atoms with Crippen LogP contribution in [-0.4, -0.2) is 6.61 Å². The van der Waals surface area contributed by atoms with Crippen LogP contribution in [0.5, 0.6) is 5.75 Å². The van der Waals surface area contributed by atoms with Crippen molar-refractivity contribution in [2.75, 3.05) is 6.61 Å². The van der Waals surface area contributed by atoms with Crippen LogP contribution in [0.25, 0.3) is 0 Å². The first-order valence-electron chi connectivity index (χ1n) is 6.42. The standard InChI is InChI=1S/C16H18BrNO/c1-2-19-13-8-9-15(17)14(11-13)16(18)10-12-6-4-3-5-7-12/h3-9,11,16H,2,10,18H2,1H3. The molecule has 0 saturated heterocycles. The molecule has 0 radical (unpaired) electrons. The van der Waals surface area contributed by atoms with Gasteiger partial charge in [0.15, 0.2) is 0 Å². The predicted molar refractivity (Wildman–Crippen MR) is 82.4 cm³/mol. The van der Waals surface area contributed by atoms with Gasteiger partial charge in [0.1, 0.15) is 5.75 Å². The van der Waals surface area contributed by atoms with E-state index < -0.39 is 0 Å². The Labute approximate surface area is 122 Å². The van der Waals surface area contributed by atoms with E-state index in [9.17, 15) is 0 Å². The van der Waals surface area contributed by atoms with E-state index in [-0.39, 0.29) is 6.04 Å². The number of ether oxygens (including phenoxy) is 1. The summed E-state index contributed by atoms with van der Waals surface area (Å²) >= 11 is 3.56. The van der Waals surface area contributed by atoms with Gasteiger partial charge in [0.2, 0.25) is 0 Å². The minimum absolute atomic E-state index is 0.0443. The summed E-state index contributed by atoms with van der Waals surface area (Å²) in [6.07, 6.45) is 0.815. The molecule has 0 aliphatic carbocycles. The molecule has 0 aliphatic rings. The summed E-state index contributed by atoms with van der Waals surface area (Å²) in [7, 11) is 0. The third-order valence-electron chi connectivity index (χ3n) is 2.98. The molecular weight excluding hydrogens is 302 g/mol. The van der Waals surface area contributed by atoms with Crippen LogP contribution in [0.15, 0.2) is 53.0 Å². The molecule has 3 heteroatoms. The predicted octanol–water partition coefficient (Wildman–Crippen LogP) is 4.09. The molecule has 0 amide bonds. The molecule has 2 aromatic rings. The number of benzene rings is 2. The van der Waals surface area contributed by atoms with Gasteiger partial charge in [-0.15, -0.1) is 0 Å². The fourth-order valence-corrected chi connectivity index (χ4v) is 2.58. The highest BCUT2D eigenvalue weighted by Gasteiger charge is 2.12. The zero-order valence-electron chi connectivity index (χ0n) is 11.0. The maximum Gasteiger partial charge on any atom is 0.119 e. The van der Waals surface area contributed by atoms with Gasteiger partial charge in [0, 0.05) is 10.5 Å². The van der Waals surface area contributed by atoms with E-state index in [2.05, 4.69) is 28.1 Å². The molecule has 0 saturated carbocycles. The third kappa shape index (κ3) is 3.82. The van der Waals surface area contributed by atoms with Gasteiger partial charge in [-0.1, -0.05) is 46.3 Å². The van der Waals surface area contributed by atoms with Gasteiger partial charge in [0.05, 0.1) is 6.61 Å². The van der Waals surface area contributed by atoms with Gasteiger partial charge >= 0.3 is 0 Å². The smallest absolute Gasteiger partial charge is 0.119 e. The molecule has 2 N–H and O–H groups in total. The van der Waals surface area contributed by atoms with Crippen molar-refractivity contribution < 1.29 is 4.74 Å². The minimum Gasteiger partial charge on any atom is -0.494 e. The molecule has 19 heavy (non-hydrogen) atoms. The van der Waals surface area contributed by atoms with Crippen LogP contribution in [0, 0.1) is 0 Å². The Morgan fingerprint density at radius 3 is 2.58 bits per heavy atom. The number of halogens is 1. The van der Waals surface area contributed by atoms with Gasteiger partial charge in [0.25, 0.3) is 0 Å². The number of hydrogen-bond acceptors (Lipinski definition) is 2. The lowest BCUT2D eigenvalue weighted by Gasteiger charge is -2.15. The lowest BCUT2D eigenvalue weighted by atomic mass is 9.99. The monoisotopic (exact) mass is 319 g/mol. The summed E-state index contributed by atoms with van der Waals surface area (Å²) in [5, 5.41) is 0. The van der Waals surface area contributed by atoms with Crippen molar-refractivity contribution in [1.82, 2.24) is 0 Å². The molecule has 2 rings (SSSR count). The summed E-state index contributed by atoms with van der Waals surface area (Å²) in [6, 6.07) is 16.2. The van der Waals surface area contributed by atoms with Crippen LogP contribution in [0.3, 0.4) is 0 Å². The summed E-state index contributed by atoms with van der Waals surface area (Å²) in [5.41, 5.74) is 8.63. The number of hydrogen-bond donors (Lipinski definition) is 1. The Hall–Kier alpha value is -1.32. The van der Waals surface area contributed by atoms with Crippen LogP contribution in [-0.2, 0) is 6.42 Å². The van der Waals surface area contributed by atoms with Crippen LogP contribution in [0.1, 0.15) is 24.1 Å². The SMILES string of the molecule is CCOc1ccc(Br)c(C(N)Cc2ccccc2)c1. The molecule has 0 aromatic heterocycles. The average molecular weight is 320 g/mol. The fourth-order valence-electron chi connectivity index (χ4n) is 2.04. The highest BCUT2D eigenvalue weighted by Crippen LogP contribution is 2.28. The van der Waals surface area contributed by atoms with Crippen molar-refractivity contribution in [3.63, 3.8) is 0 Å². The lowest BCUT2D eigenvalue weighted by Crippen LogP contribution is -2.14. The Balaban J connectivity index is 2.18. The highest BCUT2D eigenvalue weighted by molar-refractivity contribution is 9.10. The molecule has 0 heterocycles. The molecule has 0 bridgehead atoms. The molecular formula is C16H18BrNO. The fraction of sp³-hybridized carbons (Fsp3) is 0.250. The quantitative estimate of drug-likeness (QED) is 0.900. The first kappa shape index (κ1) is 14.1. The van der Waals surface area contributed by atoms with Crippen molar-refractivity contribution in [3.05, 3.63) is 64.1 Å². The van der Waals surface area contributed by atoms with Crippen molar-refractivity contribution in [2.45, 2.75) is 19.4 Å². The van der Waals surface area contributed by atoms with Crippen LogP contribution in [0.4, 0.5) is 0 Å². The van der Waals surface area contributed by atoms with Crippen molar-refractivity contribution in [2.24, 2.45) is 5.73 Å². The van der Waals surface area contributed by atoms with Gasteiger partial charge in [-0.3, -0.25) is 0 Å². The van der Waals surface area contributed by atoms with Crippen molar-refractivity contribution in [3.8, 4) is 5.75 Å². The van der Waals surface area contributed by atoms with Gasteiger partial charge in [-0.2, -0.15) is 0 Å². The first-order chi connectivity index (χ1) is 9.20. The van der Waals surface area contributed by atoms with E-state index in [1.54, 1.807) is 0 Å². The van der Waals surface area contributed by atoms with E-state index in [0.717, 1.165) is 22.2 Å². The topological polar surface area (TPSA) is 35.2 Å². The van der Waals surface area contributed by atoms with Gasteiger partial charge in [-0.25, -0.2) is 0 Å². The Morgan fingerprint density at radius 1 is 1.16 bits per heavy atom. The second kappa shape index (κ2) is 6.73. The maximum absolute atomic E-state index is 6.31. The minimum atomic E-state index is -0.0443. The van der Waals surface area contributed by atoms with Gasteiger partial charge in [-0.05, 0) is 42.7 Å². The Kier molecular flexibility index (Phi) is 5.00. The van der Waals surface area contributed by atoms with Crippen molar-refractivity contribution in [1.29, 1.82) is 0 Å². The normalized spacial score (nSPS) is 12.2. The molecule has 2 aromatic carbocycles. The molecule has 100 valence electrons. The third-order valence-corrected chi connectivity index (χ3v) is 3.70. The number of nitrogens with two attached hydrogens (primary N) is 1. The average Bonchev–Trinajstić information content (AvgIpc) is 2.42. The molecule has 1 atom stereocenters. The molecule has 1 unspecified atom stereocenters. The van der Waals surface area contributed by atoms with Crippen LogP contribution in [0.2, 0.25) is 0 Å². The highest BCUT2D eigenvalue weighted by atomic mass is 79.9. The second-order valence-corrected chi connectivity index (χ2v) is 5.27. The zero-order valence-corrected chi connectivity index (χ0v) is 12.6. The van der Waals surface area contributed by atoms with Crippen LogP contribution >= 0.6 is 15.9 Å². The van der Waals surface area contributed by atoms with E-state index >= 15 is 0 Å². The van der Waals surface area contributed by atoms with Crippen LogP contribution < -0.4 is 10.5 Å². The molecule has 0 spiro atoms. The Bertz CT molecular complexity index is 528. The van der Waals surface area contributed by atoms with Crippen molar-refractivity contribution >= 4 is 15.9 Å². The second-order valence-electron chi connectivity index (χ2n) is 4.41. The van der Waals surface area contributed by atoms with E-state index in [0.29, 0.717) is 6.61 Å². The first-order valence-corrected chi connectivity index (χ1v) is 7.21. The summed E-state index contributed by atoms with van der Waals surface area (Å²) in [6.45, 7) is 2.64. The Morgan fingerprint density at radius 2 is 1.89 bits per heavy atom. The molecule has 0 fully saturated rings. The van der Waals surface area contributed by atoms with E-state index in [4.69, 9.17) is 10.5 Å². The van der Waals surface area contributed by atoms with E-state index in [1.807, 2.05) is 43.3 Å².